The van der Waals surface area contributed by atoms with Crippen molar-refractivity contribution in [1.29, 1.82) is 0 Å². The van der Waals surface area contributed by atoms with Gasteiger partial charge in [0.25, 0.3) is 0 Å². The van der Waals surface area contributed by atoms with Crippen molar-refractivity contribution in [1.82, 2.24) is 24.9 Å². The van der Waals surface area contributed by atoms with Crippen LogP contribution in [0, 0.1) is 19.7 Å². The highest BCUT2D eigenvalue weighted by Crippen LogP contribution is 2.21. The molecule has 0 radical (unpaired) electrons. The van der Waals surface area contributed by atoms with Crippen LogP contribution in [0.1, 0.15) is 28.1 Å². The highest BCUT2D eigenvalue weighted by Gasteiger charge is 2.20. The molecule has 0 saturated heterocycles. The van der Waals surface area contributed by atoms with Gasteiger partial charge in [-0.3, -0.25) is 9.58 Å². The van der Waals surface area contributed by atoms with Crippen LogP contribution < -0.4 is 5.32 Å². The van der Waals surface area contributed by atoms with Gasteiger partial charge >= 0.3 is 6.03 Å². The third-order valence-electron chi connectivity index (χ3n) is 4.84. The molecule has 1 N–H and O–H groups in total. The number of rotatable bonds is 4. The molecular formula is C19H26FN5O. The summed E-state index contributed by atoms with van der Waals surface area (Å²) in [6.07, 6.45) is 0. The Morgan fingerprint density at radius 2 is 2.08 bits per heavy atom. The summed E-state index contributed by atoms with van der Waals surface area (Å²) in [7, 11) is 3.42. The molecule has 6 nitrogen and oxygen atoms in total. The summed E-state index contributed by atoms with van der Waals surface area (Å²) in [6, 6.07) is 5.76. The number of halogens is 1. The van der Waals surface area contributed by atoms with Crippen LogP contribution >= 0.6 is 0 Å². The first-order chi connectivity index (χ1) is 12.3. The molecule has 0 spiro atoms. The fourth-order valence-electron chi connectivity index (χ4n) is 3.20. The molecule has 0 fully saturated rings. The van der Waals surface area contributed by atoms with Crippen LogP contribution in [-0.4, -0.2) is 46.3 Å². The van der Waals surface area contributed by atoms with E-state index >= 15 is 0 Å². The van der Waals surface area contributed by atoms with E-state index in [2.05, 4.69) is 15.3 Å². The second-order valence-electron chi connectivity index (χ2n) is 7.09. The lowest BCUT2D eigenvalue weighted by Crippen LogP contribution is -2.34. The number of aromatic nitrogens is 2. The molecule has 1 aromatic carbocycles. The minimum Gasteiger partial charge on any atom is -0.332 e. The van der Waals surface area contributed by atoms with Gasteiger partial charge in [-0.2, -0.15) is 5.10 Å². The van der Waals surface area contributed by atoms with Crippen molar-refractivity contribution in [3.8, 4) is 0 Å². The molecule has 7 heteroatoms. The van der Waals surface area contributed by atoms with Gasteiger partial charge < -0.3 is 10.2 Å². The van der Waals surface area contributed by atoms with E-state index in [1.807, 2.05) is 29.8 Å². The smallest absolute Gasteiger partial charge is 0.317 e. The Morgan fingerprint density at radius 3 is 2.81 bits per heavy atom. The van der Waals surface area contributed by atoms with E-state index in [-0.39, 0.29) is 11.8 Å². The van der Waals surface area contributed by atoms with E-state index in [0.717, 1.165) is 48.7 Å². The molecule has 1 aromatic heterocycles. The normalized spacial score (nSPS) is 14.2. The zero-order valence-corrected chi connectivity index (χ0v) is 15.8. The van der Waals surface area contributed by atoms with Crippen molar-refractivity contribution >= 4 is 6.03 Å². The third-order valence-corrected chi connectivity index (χ3v) is 4.84. The van der Waals surface area contributed by atoms with Crippen LogP contribution in [0.25, 0.3) is 0 Å². The third kappa shape index (κ3) is 3.88. The Balaban J connectivity index is 1.65. The summed E-state index contributed by atoms with van der Waals surface area (Å²) >= 11 is 0. The Hall–Kier alpha value is -2.41. The lowest BCUT2D eigenvalue weighted by atomic mass is 10.0. The Labute approximate surface area is 153 Å². The number of amides is 2. The molecule has 1 aliphatic rings. The molecule has 2 heterocycles. The standard InChI is InChI=1S/C19H26FN5O/c1-13-5-6-15(14(2)18(13)20)11-24-7-8-25-17(12-24)9-16(22-25)10-21-19(26)23(3)4/h5-6,9H,7-8,10-12H2,1-4H3,(H,21,26). The first-order valence-corrected chi connectivity index (χ1v) is 8.83. The van der Waals surface area contributed by atoms with Crippen LogP contribution in [0.3, 0.4) is 0 Å². The monoisotopic (exact) mass is 359 g/mol. The van der Waals surface area contributed by atoms with Crippen molar-refractivity contribution in [2.45, 2.75) is 40.0 Å². The molecule has 2 amide bonds. The van der Waals surface area contributed by atoms with Gasteiger partial charge in [0.05, 0.1) is 24.5 Å². The van der Waals surface area contributed by atoms with Gasteiger partial charge in [-0.15, -0.1) is 0 Å². The molecule has 0 bridgehead atoms. The fourth-order valence-corrected chi connectivity index (χ4v) is 3.20. The summed E-state index contributed by atoms with van der Waals surface area (Å²) in [5.41, 5.74) is 4.42. The molecule has 140 valence electrons. The predicted molar refractivity (Wildman–Crippen MR) is 98.1 cm³/mol. The summed E-state index contributed by atoms with van der Waals surface area (Å²) < 4.78 is 16.1. The average molecular weight is 359 g/mol. The number of aryl methyl sites for hydroxylation is 1. The predicted octanol–water partition coefficient (Wildman–Crippen LogP) is 2.43. The first-order valence-electron chi connectivity index (χ1n) is 8.83. The van der Waals surface area contributed by atoms with Crippen molar-refractivity contribution < 1.29 is 9.18 Å². The Kier molecular flexibility index (Phi) is 5.27. The average Bonchev–Trinajstić information content (AvgIpc) is 3.02. The van der Waals surface area contributed by atoms with E-state index in [1.54, 1.807) is 21.0 Å². The van der Waals surface area contributed by atoms with Gasteiger partial charge in [-0.1, -0.05) is 12.1 Å². The summed E-state index contributed by atoms with van der Waals surface area (Å²) in [5, 5.41) is 7.40. The lowest BCUT2D eigenvalue weighted by molar-refractivity contribution is 0.204. The highest BCUT2D eigenvalue weighted by atomic mass is 19.1. The number of urea groups is 1. The van der Waals surface area contributed by atoms with Gasteiger partial charge in [0.2, 0.25) is 0 Å². The maximum Gasteiger partial charge on any atom is 0.317 e. The van der Waals surface area contributed by atoms with E-state index in [1.165, 1.54) is 4.90 Å². The quantitative estimate of drug-likeness (QED) is 0.912. The Morgan fingerprint density at radius 1 is 1.31 bits per heavy atom. The summed E-state index contributed by atoms with van der Waals surface area (Å²) in [6.45, 7) is 7.21. The number of fused-ring (bicyclic) bond motifs is 1. The minimum absolute atomic E-state index is 0.108. The molecule has 1 aliphatic heterocycles. The maximum absolute atomic E-state index is 14.1. The number of benzene rings is 1. The van der Waals surface area contributed by atoms with Crippen LogP contribution in [-0.2, 0) is 26.2 Å². The lowest BCUT2D eigenvalue weighted by Gasteiger charge is -2.28. The van der Waals surface area contributed by atoms with Gasteiger partial charge in [0.15, 0.2) is 0 Å². The molecule has 0 saturated carbocycles. The van der Waals surface area contributed by atoms with E-state index in [4.69, 9.17) is 0 Å². The summed E-state index contributed by atoms with van der Waals surface area (Å²) in [4.78, 5) is 15.4. The molecule has 0 aliphatic carbocycles. The van der Waals surface area contributed by atoms with Gasteiger partial charge in [-0.25, -0.2) is 9.18 Å². The van der Waals surface area contributed by atoms with Crippen molar-refractivity contribution in [3.05, 3.63) is 52.1 Å². The number of carbonyl (C=O) groups excluding carboxylic acids is 1. The summed E-state index contributed by atoms with van der Waals surface area (Å²) in [5.74, 6) is -0.108. The number of carbonyl (C=O) groups is 1. The van der Waals surface area contributed by atoms with Crippen LogP contribution in [0.5, 0.6) is 0 Å². The van der Waals surface area contributed by atoms with Crippen molar-refractivity contribution in [2.24, 2.45) is 0 Å². The van der Waals surface area contributed by atoms with Crippen molar-refractivity contribution in [3.63, 3.8) is 0 Å². The highest BCUT2D eigenvalue weighted by molar-refractivity contribution is 5.73. The molecule has 26 heavy (non-hydrogen) atoms. The molecule has 2 aromatic rings. The SMILES string of the molecule is Cc1ccc(CN2CCn3nc(CNC(=O)N(C)C)cc3C2)c(C)c1F. The maximum atomic E-state index is 14.1. The molecule has 0 unspecified atom stereocenters. The van der Waals surface area contributed by atoms with Crippen LogP contribution in [0.4, 0.5) is 9.18 Å². The minimum atomic E-state index is -0.130. The zero-order valence-electron chi connectivity index (χ0n) is 15.8. The molecule has 3 rings (SSSR count). The zero-order chi connectivity index (χ0) is 18.8. The fraction of sp³-hybridized carbons (Fsp3) is 0.474. The Bertz CT molecular complexity index is 815. The molecular weight excluding hydrogens is 333 g/mol. The van der Waals surface area contributed by atoms with E-state index in [9.17, 15) is 9.18 Å². The molecule has 0 atom stereocenters. The van der Waals surface area contributed by atoms with E-state index in [0.29, 0.717) is 12.1 Å². The second-order valence-corrected chi connectivity index (χ2v) is 7.09. The number of hydrogen-bond donors (Lipinski definition) is 1. The topological polar surface area (TPSA) is 53.4 Å². The number of hydrogen-bond acceptors (Lipinski definition) is 3. The van der Waals surface area contributed by atoms with Gasteiger partial charge in [-0.05, 0) is 36.6 Å². The largest absolute Gasteiger partial charge is 0.332 e. The van der Waals surface area contributed by atoms with Gasteiger partial charge in [0.1, 0.15) is 5.82 Å². The number of nitrogens with zero attached hydrogens (tertiary/aromatic N) is 4. The second kappa shape index (κ2) is 7.45. The number of nitrogens with one attached hydrogen (secondary N) is 1. The van der Waals surface area contributed by atoms with Crippen LogP contribution in [0.2, 0.25) is 0 Å². The first kappa shape index (κ1) is 18.4. The van der Waals surface area contributed by atoms with E-state index < -0.39 is 0 Å². The van der Waals surface area contributed by atoms with Crippen LogP contribution in [0.15, 0.2) is 18.2 Å². The van der Waals surface area contributed by atoms with Gasteiger partial charge in [0, 0.05) is 33.7 Å². The van der Waals surface area contributed by atoms with Crippen molar-refractivity contribution in [2.75, 3.05) is 20.6 Å².